The number of imidazole rings is 1. The molecule has 0 saturated heterocycles. The molecule has 1 atom stereocenters. The van der Waals surface area contributed by atoms with Crippen molar-refractivity contribution in [2.45, 2.75) is 32.4 Å². The predicted octanol–water partition coefficient (Wildman–Crippen LogP) is 2.37. The van der Waals surface area contributed by atoms with E-state index in [-0.39, 0.29) is 6.04 Å². The Hall–Kier alpha value is -1.20. The van der Waals surface area contributed by atoms with Crippen molar-refractivity contribution in [2.24, 2.45) is 5.73 Å². The fourth-order valence-corrected chi connectivity index (χ4v) is 2.20. The lowest BCUT2D eigenvalue weighted by atomic mass is 10.1. The average molecular weight is 309 g/mol. The summed E-state index contributed by atoms with van der Waals surface area (Å²) in [6, 6.07) is 2.24. The fourth-order valence-electron chi connectivity index (χ4n) is 1.79. The molecule has 18 heavy (non-hydrogen) atoms. The zero-order chi connectivity index (χ0) is 13.0. The Labute approximate surface area is 115 Å². The summed E-state index contributed by atoms with van der Waals surface area (Å²) in [5, 5.41) is 0. The summed E-state index contributed by atoms with van der Waals surface area (Å²) in [6.45, 7) is 2.87. The van der Waals surface area contributed by atoms with Crippen LogP contribution in [0.2, 0.25) is 0 Å². The number of halogens is 1. The van der Waals surface area contributed by atoms with E-state index in [0.29, 0.717) is 0 Å². The van der Waals surface area contributed by atoms with Crippen LogP contribution < -0.4 is 5.73 Å². The lowest BCUT2D eigenvalue weighted by Crippen LogP contribution is -2.23. The minimum atomic E-state index is 0.173. The van der Waals surface area contributed by atoms with E-state index < -0.39 is 0 Å². The van der Waals surface area contributed by atoms with Gasteiger partial charge in [-0.25, -0.2) is 4.98 Å². The highest BCUT2D eigenvalue weighted by Crippen LogP contribution is 2.12. The molecule has 0 fully saturated rings. The number of nitrogens with zero attached hydrogens (tertiary/aromatic N) is 3. The zero-order valence-corrected chi connectivity index (χ0v) is 12.0. The first kappa shape index (κ1) is 13.2. The Morgan fingerprint density at radius 1 is 1.44 bits per heavy atom. The summed E-state index contributed by atoms with van der Waals surface area (Å²) in [5.74, 6) is 1.03. The molecule has 4 nitrogen and oxygen atoms in total. The summed E-state index contributed by atoms with van der Waals surface area (Å²) in [5.41, 5.74) is 7.12. The number of nitrogens with two attached hydrogens (primary N) is 1. The van der Waals surface area contributed by atoms with E-state index >= 15 is 0 Å². The van der Waals surface area contributed by atoms with Gasteiger partial charge in [-0.3, -0.25) is 4.98 Å². The topological polar surface area (TPSA) is 56.7 Å². The molecule has 2 rings (SSSR count). The van der Waals surface area contributed by atoms with E-state index in [1.54, 1.807) is 6.20 Å². The van der Waals surface area contributed by atoms with Gasteiger partial charge in [-0.1, -0.05) is 6.92 Å². The minimum Gasteiger partial charge on any atom is -0.330 e. The Balaban J connectivity index is 2.12. The van der Waals surface area contributed by atoms with Crippen LogP contribution in [0.4, 0.5) is 0 Å². The molecule has 0 spiro atoms. The van der Waals surface area contributed by atoms with Gasteiger partial charge < -0.3 is 10.3 Å². The molecule has 0 bridgehead atoms. The highest BCUT2D eigenvalue weighted by atomic mass is 79.9. The first-order valence-corrected chi connectivity index (χ1v) is 6.83. The van der Waals surface area contributed by atoms with E-state index in [4.69, 9.17) is 5.73 Å². The Kier molecular flexibility index (Phi) is 4.49. The summed E-state index contributed by atoms with van der Waals surface area (Å²) in [4.78, 5) is 8.54. The molecule has 2 aromatic heterocycles. The highest BCUT2D eigenvalue weighted by molar-refractivity contribution is 9.10. The van der Waals surface area contributed by atoms with Gasteiger partial charge in [0.2, 0.25) is 0 Å². The largest absolute Gasteiger partial charge is 0.330 e. The molecule has 0 aliphatic rings. The Morgan fingerprint density at radius 2 is 2.28 bits per heavy atom. The van der Waals surface area contributed by atoms with Crippen molar-refractivity contribution in [2.75, 3.05) is 0 Å². The monoisotopic (exact) mass is 308 g/mol. The molecule has 0 aliphatic carbocycles. The zero-order valence-electron chi connectivity index (χ0n) is 10.4. The van der Waals surface area contributed by atoms with Crippen molar-refractivity contribution in [3.63, 3.8) is 0 Å². The van der Waals surface area contributed by atoms with Gasteiger partial charge in [-0.2, -0.15) is 0 Å². The van der Waals surface area contributed by atoms with E-state index in [9.17, 15) is 0 Å². The smallest absolute Gasteiger partial charge is 0.110 e. The number of hydrogen-bond acceptors (Lipinski definition) is 3. The maximum absolute atomic E-state index is 5.98. The second kappa shape index (κ2) is 6.11. The second-order valence-corrected chi connectivity index (χ2v) is 5.27. The van der Waals surface area contributed by atoms with Gasteiger partial charge >= 0.3 is 0 Å². The number of aromatic nitrogens is 3. The van der Waals surface area contributed by atoms with Gasteiger partial charge in [-0.15, -0.1) is 0 Å². The molecule has 1 unspecified atom stereocenters. The average Bonchev–Trinajstić information content (AvgIpc) is 2.76. The summed E-state index contributed by atoms with van der Waals surface area (Å²) < 4.78 is 3.12. The van der Waals surface area contributed by atoms with Crippen LogP contribution in [0, 0.1) is 0 Å². The van der Waals surface area contributed by atoms with Crippen LogP contribution in [0.25, 0.3) is 0 Å². The lowest BCUT2D eigenvalue weighted by molar-refractivity contribution is 0.597. The predicted molar refractivity (Wildman–Crippen MR) is 75.2 cm³/mol. The van der Waals surface area contributed by atoms with E-state index in [1.807, 2.05) is 18.6 Å². The first-order chi connectivity index (χ1) is 8.69. The molecule has 5 heteroatoms. The number of hydrogen-bond donors (Lipinski definition) is 1. The molecule has 0 saturated carbocycles. The quantitative estimate of drug-likeness (QED) is 0.922. The van der Waals surface area contributed by atoms with E-state index in [0.717, 1.165) is 35.2 Å². The molecule has 0 aromatic carbocycles. The molecule has 2 aromatic rings. The van der Waals surface area contributed by atoms with Crippen LogP contribution in [0.15, 0.2) is 35.3 Å². The van der Waals surface area contributed by atoms with Crippen molar-refractivity contribution in [3.05, 3.63) is 46.7 Å². The van der Waals surface area contributed by atoms with Crippen molar-refractivity contribution in [1.29, 1.82) is 0 Å². The third kappa shape index (κ3) is 3.40. The van der Waals surface area contributed by atoms with Crippen molar-refractivity contribution in [1.82, 2.24) is 14.5 Å². The molecule has 96 valence electrons. The summed E-state index contributed by atoms with van der Waals surface area (Å²) in [7, 11) is 0. The fraction of sp³-hybridized carbons (Fsp3) is 0.385. The van der Waals surface area contributed by atoms with Crippen LogP contribution in [-0.4, -0.2) is 20.6 Å². The summed E-state index contributed by atoms with van der Waals surface area (Å²) in [6.07, 6.45) is 9.23. The van der Waals surface area contributed by atoms with Gasteiger partial charge in [0.05, 0.1) is 6.54 Å². The molecule has 2 N–H and O–H groups in total. The molecular weight excluding hydrogens is 292 g/mol. The molecular formula is C13H17BrN4. The molecule has 0 amide bonds. The lowest BCUT2D eigenvalue weighted by Gasteiger charge is -2.11. The van der Waals surface area contributed by atoms with Crippen LogP contribution in [0.1, 0.15) is 24.7 Å². The Bertz CT molecular complexity index is 509. The third-order valence-corrected chi connectivity index (χ3v) is 3.32. The normalized spacial score (nSPS) is 12.6. The summed E-state index contributed by atoms with van der Waals surface area (Å²) >= 11 is 3.43. The van der Waals surface area contributed by atoms with Crippen molar-refractivity contribution in [3.8, 4) is 0 Å². The second-order valence-electron chi connectivity index (χ2n) is 4.36. The van der Waals surface area contributed by atoms with Crippen LogP contribution in [-0.2, 0) is 13.0 Å². The van der Waals surface area contributed by atoms with Gasteiger partial charge in [0.25, 0.3) is 0 Å². The van der Waals surface area contributed by atoms with Crippen LogP contribution in [0.5, 0.6) is 0 Å². The Morgan fingerprint density at radius 3 is 3.00 bits per heavy atom. The maximum Gasteiger partial charge on any atom is 0.110 e. The van der Waals surface area contributed by atoms with E-state index in [1.165, 1.54) is 0 Å². The molecule has 0 aliphatic heterocycles. The van der Waals surface area contributed by atoms with E-state index in [2.05, 4.69) is 43.5 Å². The number of rotatable bonds is 5. The standard InChI is InChI=1S/C13H17BrN4/c1-2-12(15)6-13-17-3-4-18(13)9-10-5-11(14)8-16-7-10/h3-5,7-8,12H,2,6,9,15H2,1H3. The third-order valence-electron chi connectivity index (χ3n) is 2.89. The highest BCUT2D eigenvalue weighted by Gasteiger charge is 2.08. The molecule has 2 heterocycles. The first-order valence-electron chi connectivity index (χ1n) is 6.04. The van der Waals surface area contributed by atoms with Crippen molar-refractivity contribution < 1.29 is 0 Å². The van der Waals surface area contributed by atoms with Crippen molar-refractivity contribution >= 4 is 15.9 Å². The SMILES string of the molecule is CCC(N)Cc1nccn1Cc1cncc(Br)c1. The van der Waals surface area contributed by atoms with Crippen LogP contribution >= 0.6 is 15.9 Å². The minimum absolute atomic E-state index is 0.173. The van der Waals surface area contributed by atoms with Crippen LogP contribution in [0.3, 0.4) is 0 Å². The molecule has 0 radical (unpaired) electrons. The van der Waals surface area contributed by atoms with Gasteiger partial charge in [-0.05, 0) is 34.0 Å². The van der Waals surface area contributed by atoms with Gasteiger partial charge in [0, 0.05) is 41.7 Å². The maximum atomic E-state index is 5.98. The number of pyridine rings is 1. The van der Waals surface area contributed by atoms with Gasteiger partial charge in [0.15, 0.2) is 0 Å². The van der Waals surface area contributed by atoms with Gasteiger partial charge in [0.1, 0.15) is 5.82 Å².